The van der Waals surface area contributed by atoms with E-state index >= 15 is 0 Å². The van der Waals surface area contributed by atoms with Crippen LogP contribution < -0.4 is 9.79 Å². The maximum absolute atomic E-state index is 11.0. The first-order chi connectivity index (χ1) is 15.7. The number of nitrogens with zero attached hydrogens (tertiary/aromatic N) is 2. The summed E-state index contributed by atoms with van der Waals surface area (Å²) in [5.41, 5.74) is 4.53. The molecule has 1 heterocycles. The molecule has 162 valence electrons. The van der Waals surface area contributed by atoms with Crippen LogP contribution in [0.5, 0.6) is 0 Å². The summed E-state index contributed by atoms with van der Waals surface area (Å²) in [6.07, 6.45) is 1.52. The topological polar surface area (TPSA) is 51.5 Å². The zero-order chi connectivity index (χ0) is 22.2. The van der Waals surface area contributed by atoms with Gasteiger partial charge in [0.1, 0.15) is 0 Å². The number of thiazole rings is 1. The summed E-state index contributed by atoms with van der Waals surface area (Å²) in [5, 5.41) is 13.2. The number of hydrogen-bond acceptors (Lipinski definition) is 2. The van der Waals surface area contributed by atoms with Gasteiger partial charge < -0.3 is 5.11 Å². The summed E-state index contributed by atoms with van der Waals surface area (Å²) in [6, 6.07) is 30.1. The molecule has 0 aliphatic rings. The molecule has 2 N–H and O–H groups in total. The van der Waals surface area contributed by atoms with Crippen LogP contribution in [0, 0.1) is 0 Å². The summed E-state index contributed by atoms with van der Waals surface area (Å²) in [7, 11) is 0. The van der Waals surface area contributed by atoms with Crippen LogP contribution in [0.2, 0.25) is 0 Å². The fraction of sp³-hybridized carbons (Fsp3) is 0.185. The number of para-hydroxylation sites is 1. The summed E-state index contributed by atoms with van der Waals surface area (Å²) in [4.78, 5) is 9.11. The van der Waals surface area contributed by atoms with Crippen molar-refractivity contribution in [2.45, 2.75) is 32.4 Å². The third-order valence-electron chi connectivity index (χ3n) is 5.33. The normalized spacial score (nSPS) is 13.3. The molecule has 32 heavy (non-hydrogen) atoms. The molecule has 0 unspecified atom stereocenters. The number of aliphatic hydroxyl groups excluding tert-OH is 1. The first-order valence-electron chi connectivity index (χ1n) is 10.9. The van der Waals surface area contributed by atoms with Gasteiger partial charge in [0.2, 0.25) is 0 Å². The Labute approximate surface area is 192 Å². The van der Waals surface area contributed by atoms with Gasteiger partial charge in [-0.3, -0.25) is 4.57 Å². The fourth-order valence-corrected chi connectivity index (χ4v) is 4.64. The molecule has 0 aliphatic carbocycles. The van der Waals surface area contributed by atoms with Crippen molar-refractivity contribution in [2.75, 3.05) is 0 Å². The highest BCUT2D eigenvalue weighted by Gasteiger charge is 2.21. The monoisotopic (exact) mass is 442 g/mol. The van der Waals surface area contributed by atoms with Crippen molar-refractivity contribution in [1.29, 1.82) is 0 Å². The number of aryl methyl sites for hydroxylation is 1. The van der Waals surface area contributed by atoms with E-state index in [0.29, 0.717) is 13.0 Å². The Bertz CT molecular complexity index is 1210. The highest BCUT2D eigenvalue weighted by atomic mass is 32.1. The Kier molecular flexibility index (Phi) is 7.31. The second kappa shape index (κ2) is 10.7. The van der Waals surface area contributed by atoms with E-state index in [4.69, 9.17) is 4.99 Å². The Morgan fingerprint density at radius 2 is 1.50 bits per heavy atom. The molecule has 0 fully saturated rings. The largest absolute Gasteiger partial charge is 0.462 e. The van der Waals surface area contributed by atoms with Crippen molar-refractivity contribution >= 4 is 17.2 Å². The molecule has 1 atom stereocenters. The molecule has 4 aromatic rings. The molecule has 0 bridgehead atoms. The van der Waals surface area contributed by atoms with Gasteiger partial charge in [-0.1, -0.05) is 85.8 Å². The van der Waals surface area contributed by atoms with E-state index < -0.39 is 6.04 Å². The molecule has 0 amide bonds. The Balaban J connectivity index is 1.74. The minimum atomic E-state index is -0.403. The quantitative estimate of drug-likeness (QED) is 0.316. The SMILES string of the molecule is CCc1csc(=N[C@@H](Cc2ccccc2)C(O)=[NH+]Cc2ccccc2)n1-c1ccccc1. The van der Waals surface area contributed by atoms with Gasteiger partial charge in [0.25, 0.3) is 0 Å². The molecule has 4 nitrogen and oxygen atoms in total. The third kappa shape index (κ3) is 5.42. The molecule has 1 aromatic heterocycles. The lowest BCUT2D eigenvalue weighted by Gasteiger charge is -2.10. The molecule has 0 aliphatic heterocycles. The number of aromatic nitrogens is 1. The fourth-order valence-electron chi connectivity index (χ4n) is 3.61. The van der Waals surface area contributed by atoms with Crippen LogP contribution in [0.3, 0.4) is 0 Å². The molecular weight excluding hydrogens is 414 g/mol. The highest BCUT2D eigenvalue weighted by Crippen LogP contribution is 2.13. The zero-order valence-electron chi connectivity index (χ0n) is 18.2. The number of aliphatic hydroxyl groups is 1. The Morgan fingerprint density at radius 3 is 2.12 bits per heavy atom. The second-order valence-corrected chi connectivity index (χ2v) is 8.43. The molecule has 0 saturated carbocycles. The molecule has 0 spiro atoms. The maximum atomic E-state index is 11.0. The second-order valence-electron chi connectivity index (χ2n) is 7.59. The zero-order valence-corrected chi connectivity index (χ0v) is 19.0. The van der Waals surface area contributed by atoms with Crippen molar-refractivity contribution in [2.24, 2.45) is 4.99 Å². The van der Waals surface area contributed by atoms with E-state index in [1.165, 1.54) is 5.69 Å². The highest BCUT2D eigenvalue weighted by molar-refractivity contribution is 7.07. The lowest BCUT2D eigenvalue weighted by Crippen LogP contribution is -2.73. The van der Waals surface area contributed by atoms with Gasteiger partial charge in [0, 0.05) is 28.7 Å². The standard InChI is InChI=1S/C27H27N3OS/c1-2-23-20-32-27(30(23)24-16-10-5-11-17-24)29-25(18-21-12-6-3-7-13-21)26(31)28-19-22-14-8-4-9-15-22/h3-17,20,25H,2,18-19H2,1H3,(H,28,31)/p+1/t25-/m0/s1. The van der Waals surface area contributed by atoms with E-state index in [9.17, 15) is 5.11 Å². The van der Waals surface area contributed by atoms with Gasteiger partial charge in [0.05, 0.1) is 0 Å². The van der Waals surface area contributed by atoms with E-state index in [1.807, 2.05) is 66.7 Å². The van der Waals surface area contributed by atoms with Gasteiger partial charge in [-0.15, -0.1) is 11.3 Å². The van der Waals surface area contributed by atoms with Crippen LogP contribution in [-0.4, -0.2) is 21.6 Å². The Morgan fingerprint density at radius 1 is 0.906 bits per heavy atom. The van der Waals surface area contributed by atoms with Gasteiger partial charge in [0.15, 0.2) is 17.4 Å². The van der Waals surface area contributed by atoms with Gasteiger partial charge in [-0.2, -0.15) is 0 Å². The van der Waals surface area contributed by atoms with Gasteiger partial charge >= 0.3 is 5.90 Å². The van der Waals surface area contributed by atoms with Crippen molar-refractivity contribution in [3.05, 3.63) is 118 Å². The number of rotatable bonds is 8. The van der Waals surface area contributed by atoms with Crippen molar-refractivity contribution in [1.82, 2.24) is 4.57 Å². The minimum Gasteiger partial charge on any atom is -0.462 e. The van der Waals surface area contributed by atoms with E-state index in [2.05, 4.69) is 46.1 Å². The molecule has 0 radical (unpaired) electrons. The summed E-state index contributed by atoms with van der Waals surface area (Å²) in [5.74, 6) is 0.184. The summed E-state index contributed by atoms with van der Waals surface area (Å²) >= 11 is 1.61. The number of hydrogen-bond donors (Lipinski definition) is 2. The van der Waals surface area contributed by atoms with Crippen LogP contribution in [0.15, 0.2) is 101 Å². The first-order valence-corrected chi connectivity index (χ1v) is 11.8. The Hall–Kier alpha value is -3.44. The van der Waals surface area contributed by atoms with Crippen molar-refractivity contribution < 1.29 is 10.1 Å². The lowest BCUT2D eigenvalue weighted by molar-refractivity contribution is -0.486. The van der Waals surface area contributed by atoms with Gasteiger partial charge in [-0.05, 0) is 24.1 Å². The molecule has 4 rings (SSSR count). The first kappa shape index (κ1) is 21.8. The van der Waals surface area contributed by atoms with E-state index in [1.54, 1.807) is 11.3 Å². The van der Waals surface area contributed by atoms with Crippen LogP contribution in [0.4, 0.5) is 0 Å². The lowest BCUT2D eigenvalue weighted by atomic mass is 10.1. The van der Waals surface area contributed by atoms with Crippen molar-refractivity contribution in [3.63, 3.8) is 0 Å². The molecule has 3 aromatic carbocycles. The van der Waals surface area contributed by atoms with Gasteiger partial charge in [-0.25, -0.2) is 9.98 Å². The minimum absolute atomic E-state index is 0.184. The summed E-state index contributed by atoms with van der Waals surface area (Å²) in [6.45, 7) is 2.70. The predicted octanol–water partition coefficient (Wildman–Crippen LogP) is 3.85. The van der Waals surface area contributed by atoms with E-state index in [-0.39, 0.29) is 5.90 Å². The van der Waals surface area contributed by atoms with Crippen LogP contribution >= 0.6 is 11.3 Å². The van der Waals surface area contributed by atoms with Crippen LogP contribution in [0.25, 0.3) is 5.69 Å². The van der Waals surface area contributed by atoms with Crippen molar-refractivity contribution in [3.8, 4) is 5.69 Å². The smallest absolute Gasteiger partial charge is 0.358 e. The predicted molar refractivity (Wildman–Crippen MR) is 131 cm³/mol. The van der Waals surface area contributed by atoms with Crippen LogP contribution in [-0.2, 0) is 19.4 Å². The molecule has 5 heteroatoms. The number of benzene rings is 3. The number of nitrogens with one attached hydrogen (secondary N) is 1. The molecular formula is C27H28N3OS+. The maximum Gasteiger partial charge on any atom is 0.358 e. The molecule has 0 saturated heterocycles. The van der Waals surface area contributed by atoms with E-state index in [0.717, 1.165) is 28.0 Å². The average Bonchev–Trinajstić information content (AvgIpc) is 3.26. The average molecular weight is 443 g/mol. The summed E-state index contributed by atoms with van der Waals surface area (Å²) < 4.78 is 2.19. The van der Waals surface area contributed by atoms with Crippen LogP contribution in [0.1, 0.15) is 23.7 Å². The third-order valence-corrected chi connectivity index (χ3v) is 6.21.